The van der Waals surface area contributed by atoms with E-state index in [-0.39, 0.29) is 35.7 Å². The number of amides is 1. The van der Waals surface area contributed by atoms with Crippen molar-refractivity contribution in [2.24, 2.45) is 0 Å². The maximum atomic E-state index is 13.8. The molecule has 4 rings (SSSR count). The fraction of sp³-hybridized carbons (Fsp3) is 0.520. The molecule has 1 saturated carbocycles. The Hall–Kier alpha value is -2.66. The van der Waals surface area contributed by atoms with E-state index in [1.807, 2.05) is 7.05 Å². The number of hydrogen-bond donors (Lipinski definition) is 2. The molecule has 6 nitrogen and oxygen atoms in total. The van der Waals surface area contributed by atoms with Gasteiger partial charge in [0.25, 0.3) is 17.9 Å². The molecule has 1 aromatic carbocycles. The number of alkyl halides is 5. The third-order valence-corrected chi connectivity index (χ3v) is 7.59. The average Bonchev–Trinajstić information content (AvgIpc) is 3.62. The second-order valence-corrected chi connectivity index (χ2v) is 10.2. The molecule has 2 N–H and O–H groups in total. The minimum absolute atomic E-state index is 0.0413. The molecule has 1 aliphatic heterocycles. The zero-order chi connectivity index (χ0) is 27.1. The van der Waals surface area contributed by atoms with E-state index in [1.165, 1.54) is 19.1 Å². The van der Waals surface area contributed by atoms with Crippen molar-refractivity contribution in [2.75, 3.05) is 25.5 Å². The summed E-state index contributed by atoms with van der Waals surface area (Å²) >= 11 is 6.02. The van der Waals surface area contributed by atoms with E-state index >= 15 is 0 Å². The number of nitrogens with one attached hydrogen (secondary N) is 2. The number of nitrogens with zero attached hydrogens (tertiary/aromatic N) is 2. The summed E-state index contributed by atoms with van der Waals surface area (Å²) in [6.07, 6.45) is -4.64. The highest BCUT2D eigenvalue weighted by molar-refractivity contribution is 6.32. The summed E-state index contributed by atoms with van der Waals surface area (Å²) in [5.74, 6) is -0.727. The lowest BCUT2D eigenvalue weighted by Crippen LogP contribution is -2.40. The third kappa shape index (κ3) is 5.62. The number of carbonyl (C=O) groups excluding carboxylic acids is 1. The molecule has 0 radical (unpaired) electrons. The van der Waals surface area contributed by atoms with Gasteiger partial charge >= 0.3 is 6.18 Å². The summed E-state index contributed by atoms with van der Waals surface area (Å²) in [6.45, 7) is 3.08. The van der Waals surface area contributed by atoms with E-state index in [1.54, 1.807) is 0 Å². The quantitative estimate of drug-likeness (QED) is 0.464. The van der Waals surface area contributed by atoms with Gasteiger partial charge in [-0.05, 0) is 64.4 Å². The monoisotopic (exact) mass is 546 g/mol. The summed E-state index contributed by atoms with van der Waals surface area (Å²) in [4.78, 5) is 28.4. The smallest absolute Gasteiger partial charge is 0.381 e. The SMILES string of the molecule is CC(NC(=O)c1cn(C2(C(F)F)CC2)c(=O)cc1NC1CCN(C)CC1)c1cccc(C(F)(F)F)c1Cl. The van der Waals surface area contributed by atoms with Crippen molar-refractivity contribution >= 4 is 23.2 Å². The van der Waals surface area contributed by atoms with Crippen LogP contribution in [0.1, 0.15) is 60.1 Å². The van der Waals surface area contributed by atoms with E-state index < -0.39 is 46.2 Å². The Bertz CT molecular complexity index is 1220. The number of aromatic nitrogens is 1. The third-order valence-electron chi connectivity index (χ3n) is 7.17. The van der Waals surface area contributed by atoms with Gasteiger partial charge in [-0.1, -0.05) is 23.7 Å². The number of pyridine rings is 1. The number of halogens is 6. The summed E-state index contributed by atoms with van der Waals surface area (Å²) in [6, 6.07) is 3.58. The van der Waals surface area contributed by atoms with Crippen molar-refractivity contribution in [1.82, 2.24) is 14.8 Å². The molecule has 1 atom stereocenters. The minimum Gasteiger partial charge on any atom is -0.381 e. The molecule has 2 aliphatic rings. The molecule has 1 unspecified atom stereocenters. The molecular formula is C25H28ClF5N4O2. The molecule has 2 fully saturated rings. The van der Waals surface area contributed by atoms with Crippen LogP contribution in [-0.4, -0.2) is 48.0 Å². The van der Waals surface area contributed by atoms with Crippen LogP contribution >= 0.6 is 11.6 Å². The van der Waals surface area contributed by atoms with Crippen molar-refractivity contribution in [2.45, 2.75) is 62.8 Å². The van der Waals surface area contributed by atoms with Gasteiger partial charge in [0, 0.05) is 18.3 Å². The number of likely N-dealkylation sites (tertiary alicyclic amines) is 1. The molecular weight excluding hydrogens is 519 g/mol. The number of hydrogen-bond acceptors (Lipinski definition) is 4. The van der Waals surface area contributed by atoms with Crippen LogP contribution in [0.3, 0.4) is 0 Å². The predicted molar refractivity (Wildman–Crippen MR) is 130 cm³/mol. The van der Waals surface area contributed by atoms with Gasteiger partial charge in [-0.25, -0.2) is 8.78 Å². The van der Waals surface area contributed by atoms with Gasteiger partial charge in [-0.2, -0.15) is 13.2 Å². The van der Waals surface area contributed by atoms with Crippen molar-refractivity contribution in [1.29, 1.82) is 0 Å². The van der Waals surface area contributed by atoms with Crippen LogP contribution in [0.2, 0.25) is 5.02 Å². The number of benzene rings is 1. The second kappa shape index (κ2) is 10.2. The number of anilines is 1. The molecule has 0 bridgehead atoms. The Morgan fingerprint density at radius 1 is 1.19 bits per heavy atom. The molecule has 37 heavy (non-hydrogen) atoms. The normalized spacial score (nSPS) is 19.1. The first-order valence-electron chi connectivity index (χ1n) is 12.0. The van der Waals surface area contributed by atoms with Crippen LogP contribution in [-0.2, 0) is 11.7 Å². The lowest BCUT2D eigenvalue weighted by Gasteiger charge is -2.31. The van der Waals surface area contributed by atoms with Crippen molar-refractivity contribution in [3.8, 4) is 0 Å². The highest BCUT2D eigenvalue weighted by Gasteiger charge is 2.53. The number of carbonyl (C=O) groups is 1. The summed E-state index contributed by atoms with van der Waals surface area (Å²) in [7, 11) is 1.98. The van der Waals surface area contributed by atoms with Crippen molar-refractivity contribution in [3.05, 3.63) is 62.5 Å². The number of piperidine rings is 1. The van der Waals surface area contributed by atoms with E-state index in [0.717, 1.165) is 48.8 Å². The van der Waals surface area contributed by atoms with Gasteiger partial charge in [0.1, 0.15) is 5.54 Å². The van der Waals surface area contributed by atoms with Gasteiger partial charge in [0.2, 0.25) is 0 Å². The van der Waals surface area contributed by atoms with Crippen molar-refractivity contribution < 1.29 is 26.7 Å². The Labute approximate surface area is 215 Å². The van der Waals surface area contributed by atoms with E-state index in [0.29, 0.717) is 0 Å². The van der Waals surface area contributed by atoms with Crippen LogP contribution < -0.4 is 16.2 Å². The average molecular weight is 547 g/mol. The summed E-state index contributed by atoms with van der Waals surface area (Å²) < 4.78 is 68.4. The zero-order valence-electron chi connectivity index (χ0n) is 20.3. The standard InChI is InChI=1S/C25H28ClF5N4O2/c1-14(16-4-3-5-18(21(16)26)25(29,30)31)32-22(37)17-13-35(24(8-9-24)23(27)28)20(36)12-19(17)33-15-6-10-34(2)11-7-15/h3-5,12-15,23,33H,6-11H2,1-2H3,(H,32,37). The lowest BCUT2D eigenvalue weighted by atomic mass is 10.0. The fourth-order valence-corrected chi connectivity index (χ4v) is 5.10. The summed E-state index contributed by atoms with van der Waals surface area (Å²) in [5.41, 5.74) is -3.14. The first-order chi connectivity index (χ1) is 17.3. The number of rotatable bonds is 7. The molecule has 1 saturated heterocycles. The van der Waals surface area contributed by atoms with Crippen LogP contribution in [0, 0.1) is 0 Å². The molecule has 2 aromatic rings. The molecule has 1 aromatic heterocycles. The molecule has 2 heterocycles. The maximum absolute atomic E-state index is 13.8. The largest absolute Gasteiger partial charge is 0.417 e. The molecule has 0 spiro atoms. The van der Waals surface area contributed by atoms with E-state index in [9.17, 15) is 31.5 Å². The van der Waals surface area contributed by atoms with Gasteiger partial charge in [-0.15, -0.1) is 0 Å². The highest BCUT2D eigenvalue weighted by atomic mass is 35.5. The van der Waals surface area contributed by atoms with Crippen molar-refractivity contribution in [3.63, 3.8) is 0 Å². The Kier molecular flexibility index (Phi) is 7.58. The van der Waals surface area contributed by atoms with Gasteiger partial charge in [0.05, 0.1) is 27.9 Å². The van der Waals surface area contributed by atoms with Gasteiger partial charge in [0.15, 0.2) is 0 Å². The summed E-state index contributed by atoms with van der Waals surface area (Å²) in [5, 5.41) is 5.30. The minimum atomic E-state index is -4.68. The Morgan fingerprint density at radius 3 is 2.41 bits per heavy atom. The lowest BCUT2D eigenvalue weighted by molar-refractivity contribution is -0.137. The molecule has 202 valence electrons. The molecule has 1 amide bonds. The highest BCUT2D eigenvalue weighted by Crippen LogP contribution is 2.48. The fourth-order valence-electron chi connectivity index (χ4n) is 4.70. The Morgan fingerprint density at radius 2 is 1.84 bits per heavy atom. The van der Waals surface area contributed by atoms with Crippen LogP contribution in [0.5, 0.6) is 0 Å². The maximum Gasteiger partial charge on any atom is 0.417 e. The molecule has 1 aliphatic carbocycles. The first-order valence-corrected chi connectivity index (χ1v) is 12.4. The van der Waals surface area contributed by atoms with Crippen LogP contribution in [0.25, 0.3) is 0 Å². The second-order valence-electron chi connectivity index (χ2n) is 9.84. The molecule has 12 heteroatoms. The predicted octanol–water partition coefficient (Wildman–Crippen LogP) is 5.27. The van der Waals surface area contributed by atoms with E-state index in [2.05, 4.69) is 15.5 Å². The van der Waals surface area contributed by atoms with Crippen LogP contribution in [0.15, 0.2) is 35.3 Å². The first kappa shape index (κ1) is 27.4. The van der Waals surface area contributed by atoms with Crippen LogP contribution in [0.4, 0.5) is 27.6 Å². The van der Waals surface area contributed by atoms with E-state index in [4.69, 9.17) is 11.6 Å². The topological polar surface area (TPSA) is 66.4 Å². The van der Waals surface area contributed by atoms with Gasteiger partial charge in [-0.3, -0.25) is 9.59 Å². The zero-order valence-corrected chi connectivity index (χ0v) is 21.1. The Balaban J connectivity index is 1.67. The van der Waals surface area contributed by atoms with Gasteiger partial charge < -0.3 is 20.1 Å².